The molecule has 0 aliphatic rings. The molecule has 0 fully saturated rings. The normalized spacial score (nSPS) is 10.2. The second-order valence-corrected chi connectivity index (χ2v) is 3.93. The van der Waals surface area contributed by atoms with Gasteiger partial charge >= 0.3 is 0 Å². The third-order valence-electron chi connectivity index (χ3n) is 2.17. The monoisotopic (exact) mass is 221 g/mol. The lowest BCUT2D eigenvalue weighted by molar-refractivity contribution is -0.118. The number of hydrogen-bond donors (Lipinski definition) is 2. The number of Topliss-reactive ketones (excluding diaryl/α,β-unsaturated/α-hetero) is 1. The van der Waals surface area contributed by atoms with Gasteiger partial charge in [-0.3, -0.25) is 9.59 Å². The zero-order valence-corrected chi connectivity index (χ0v) is 9.57. The molecule has 0 saturated carbocycles. The molecule has 4 heteroatoms. The Bertz CT molecular complexity index is 424. The molecule has 0 atom stereocenters. The Morgan fingerprint density at radius 3 is 2.44 bits per heavy atom. The van der Waals surface area contributed by atoms with E-state index in [0.717, 1.165) is 0 Å². The summed E-state index contributed by atoms with van der Waals surface area (Å²) in [5, 5.41) is 12.1. The lowest BCUT2D eigenvalue weighted by atomic mass is 10.1. The number of anilines is 1. The molecule has 2 N–H and O–H groups in total. The van der Waals surface area contributed by atoms with E-state index in [0.29, 0.717) is 5.69 Å². The minimum absolute atomic E-state index is 0.0740. The largest absolute Gasteiger partial charge is 0.507 e. The molecule has 1 aromatic rings. The van der Waals surface area contributed by atoms with Crippen molar-refractivity contribution < 1.29 is 14.7 Å². The summed E-state index contributed by atoms with van der Waals surface area (Å²) in [6.07, 6.45) is 0. The Labute approximate surface area is 94.3 Å². The highest BCUT2D eigenvalue weighted by Crippen LogP contribution is 2.22. The summed E-state index contributed by atoms with van der Waals surface area (Å²) >= 11 is 0. The molecular weight excluding hydrogens is 206 g/mol. The quantitative estimate of drug-likeness (QED) is 0.607. The number of ketones is 1. The number of amides is 1. The van der Waals surface area contributed by atoms with Crippen molar-refractivity contribution in [2.75, 3.05) is 5.32 Å². The van der Waals surface area contributed by atoms with Gasteiger partial charge in [0.15, 0.2) is 5.78 Å². The van der Waals surface area contributed by atoms with Crippen LogP contribution in [-0.4, -0.2) is 16.8 Å². The van der Waals surface area contributed by atoms with Gasteiger partial charge in [-0.2, -0.15) is 0 Å². The standard InChI is InChI=1S/C12H15NO3/c1-7(2)12(16)13-9-4-5-11(15)10(6-9)8(3)14/h4-7,15H,1-3H3,(H,13,16). The minimum Gasteiger partial charge on any atom is -0.507 e. The summed E-state index contributed by atoms with van der Waals surface area (Å²) in [5.74, 6) is -0.567. The fourth-order valence-electron chi connectivity index (χ4n) is 1.18. The predicted molar refractivity (Wildman–Crippen MR) is 61.6 cm³/mol. The first kappa shape index (κ1) is 12.2. The Morgan fingerprint density at radius 2 is 1.94 bits per heavy atom. The van der Waals surface area contributed by atoms with Gasteiger partial charge in [-0.1, -0.05) is 13.8 Å². The average Bonchev–Trinajstić information content (AvgIpc) is 2.20. The first-order valence-electron chi connectivity index (χ1n) is 5.06. The number of hydrogen-bond acceptors (Lipinski definition) is 3. The average molecular weight is 221 g/mol. The van der Waals surface area contributed by atoms with E-state index >= 15 is 0 Å². The second kappa shape index (κ2) is 4.79. The second-order valence-electron chi connectivity index (χ2n) is 3.93. The molecule has 0 spiro atoms. The highest BCUT2D eigenvalue weighted by Gasteiger charge is 2.10. The number of benzene rings is 1. The van der Waals surface area contributed by atoms with Gasteiger partial charge in [0.25, 0.3) is 0 Å². The Kier molecular flexibility index (Phi) is 3.66. The zero-order chi connectivity index (χ0) is 12.3. The summed E-state index contributed by atoms with van der Waals surface area (Å²) < 4.78 is 0. The van der Waals surface area contributed by atoms with Crippen LogP contribution in [0.15, 0.2) is 18.2 Å². The van der Waals surface area contributed by atoms with Crippen molar-refractivity contribution in [2.24, 2.45) is 5.92 Å². The van der Waals surface area contributed by atoms with Crippen LogP contribution in [0, 0.1) is 5.92 Å². The van der Waals surface area contributed by atoms with E-state index < -0.39 is 0 Å². The Hall–Kier alpha value is -1.84. The number of rotatable bonds is 3. The highest BCUT2D eigenvalue weighted by molar-refractivity contribution is 5.99. The summed E-state index contributed by atoms with van der Waals surface area (Å²) in [6.45, 7) is 4.92. The number of phenols is 1. The number of aromatic hydroxyl groups is 1. The van der Waals surface area contributed by atoms with Crippen LogP contribution in [-0.2, 0) is 4.79 Å². The first-order valence-corrected chi connectivity index (χ1v) is 5.06. The molecule has 0 radical (unpaired) electrons. The van der Waals surface area contributed by atoms with Crippen LogP contribution in [0.25, 0.3) is 0 Å². The number of carbonyl (C=O) groups excluding carboxylic acids is 2. The summed E-state index contributed by atoms with van der Waals surface area (Å²) in [6, 6.07) is 4.42. The van der Waals surface area contributed by atoms with E-state index in [-0.39, 0.29) is 28.9 Å². The van der Waals surface area contributed by atoms with Crippen molar-refractivity contribution in [1.29, 1.82) is 0 Å². The number of phenolic OH excluding ortho intramolecular Hbond substituents is 1. The van der Waals surface area contributed by atoms with Crippen LogP contribution in [0.3, 0.4) is 0 Å². The SMILES string of the molecule is CC(=O)c1cc(NC(=O)C(C)C)ccc1O. The maximum absolute atomic E-state index is 11.4. The Morgan fingerprint density at radius 1 is 1.31 bits per heavy atom. The highest BCUT2D eigenvalue weighted by atomic mass is 16.3. The molecule has 0 saturated heterocycles. The molecule has 1 rings (SSSR count). The third kappa shape index (κ3) is 2.82. The van der Waals surface area contributed by atoms with E-state index in [1.807, 2.05) is 0 Å². The van der Waals surface area contributed by atoms with Gasteiger partial charge in [-0.25, -0.2) is 0 Å². The molecule has 0 aliphatic carbocycles. The van der Waals surface area contributed by atoms with Gasteiger partial charge < -0.3 is 10.4 Å². The van der Waals surface area contributed by atoms with Crippen molar-refractivity contribution in [3.8, 4) is 5.75 Å². The summed E-state index contributed by atoms with van der Waals surface area (Å²) in [7, 11) is 0. The first-order chi connectivity index (χ1) is 7.41. The van der Waals surface area contributed by atoms with Crippen LogP contribution >= 0.6 is 0 Å². The molecule has 4 nitrogen and oxygen atoms in total. The number of nitrogens with one attached hydrogen (secondary N) is 1. The predicted octanol–water partition coefficient (Wildman–Crippen LogP) is 2.19. The maximum atomic E-state index is 11.4. The van der Waals surface area contributed by atoms with Gasteiger partial charge in [0.05, 0.1) is 5.56 Å². The van der Waals surface area contributed by atoms with Crippen molar-refractivity contribution in [2.45, 2.75) is 20.8 Å². The molecule has 1 amide bonds. The van der Waals surface area contributed by atoms with E-state index in [2.05, 4.69) is 5.32 Å². The van der Waals surface area contributed by atoms with E-state index in [4.69, 9.17) is 0 Å². The topological polar surface area (TPSA) is 66.4 Å². The van der Waals surface area contributed by atoms with Gasteiger partial charge in [0.2, 0.25) is 5.91 Å². The van der Waals surface area contributed by atoms with Crippen LogP contribution in [0.4, 0.5) is 5.69 Å². The molecular formula is C12H15NO3. The summed E-state index contributed by atoms with van der Waals surface area (Å²) in [5.41, 5.74) is 0.725. The van der Waals surface area contributed by atoms with E-state index in [1.165, 1.54) is 19.1 Å². The van der Waals surface area contributed by atoms with Crippen LogP contribution in [0.1, 0.15) is 31.1 Å². The van der Waals surface area contributed by atoms with Crippen LogP contribution < -0.4 is 5.32 Å². The summed E-state index contributed by atoms with van der Waals surface area (Å²) in [4.78, 5) is 22.6. The van der Waals surface area contributed by atoms with Crippen molar-refractivity contribution >= 4 is 17.4 Å². The molecule has 0 unspecified atom stereocenters. The fourth-order valence-corrected chi connectivity index (χ4v) is 1.18. The van der Waals surface area contributed by atoms with Crippen molar-refractivity contribution in [3.63, 3.8) is 0 Å². The van der Waals surface area contributed by atoms with Crippen molar-refractivity contribution in [1.82, 2.24) is 0 Å². The third-order valence-corrected chi connectivity index (χ3v) is 2.17. The van der Waals surface area contributed by atoms with E-state index in [1.54, 1.807) is 19.9 Å². The molecule has 86 valence electrons. The fraction of sp³-hybridized carbons (Fsp3) is 0.333. The lowest BCUT2D eigenvalue weighted by Gasteiger charge is -2.09. The van der Waals surface area contributed by atoms with Crippen LogP contribution in [0.2, 0.25) is 0 Å². The molecule has 16 heavy (non-hydrogen) atoms. The minimum atomic E-state index is -0.238. The van der Waals surface area contributed by atoms with Crippen molar-refractivity contribution in [3.05, 3.63) is 23.8 Å². The van der Waals surface area contributed by atoms with Crippen LogP contribution in [0.5, 0.6) is 5.75 Å². The van der Waals surface area contributed by atoms with Gasteiger partial charge in [0.1, 0.15) is 5.75 Å². The maximum Gasteiger partial charge on any atom is 0.226 e. The smallest absolute Gasteiger partial charge is 0.226 e. The Balaban J connectivity index is 2.95. The van der Waals surface area contributed by atoms with Gasteiger partial charge in [-0.05, 0) is 25.1 Å². The zero-order valence-electron chi connectivity index (χ0n) is 9.57. The van der Waals surface area contributed by atoms with E-state index in [9.17, 15) is 14.7 Å². The molecule has 0 aromatic heterocycles. The number of carbonyl (C=O) groups is 2. The molecule has 0 bridgehead atoms. The molecule has 0 aliphatic heterocycles. The van der Waals surface area contributed by atoms with Gasteiger partial charge in [-0.15, -0.1) is 0 Å². The lowest BCUT2D eigenvalue weighted by Crippen LogP contribution is -2.17. The molecule has 1 aromatic carbocycles. The molecule has 0 heterocycles. The van der Waals surface area contributed by atoms with Gasteiger partial charge in [0, 0.05) is 11.6 Å².